The van der Waals surface area contributed by atoms with Crippen LogP contribution in [0.1, 0.15) is 0 Å². The molecule has 2 N–H and O–H groups in total. The first-order valence-electron chi connectivity index (χ1n) is 5.44. The maximum Gasteiger partial charge on any atom is 0.127 e. The number of hydrogen-bond donors (Lipinski definition) is 2. The van der Waals surface area contributed by atoms with E-state index < -0.39 is 0 Å². The van der Waals surface area contributed by atoms with Gasteiger partial charge in [-0.3, -0.25) is 0 Å². The molecule has 1 aliphatic heterocycles. The maximum atomic E-state index is 9.30. The van der Waals surface area contributed by atoms with Gasteiger partial charge in [0.1, 0.15) is 5.82 Å². The van der Waals surface area contributed by atoms with Gasteiger partial charge in [-0.25, -0.2) is 4.98 Å². The van der Waals surface area contributed by atoms with Crippen LogP contribution in [0.5, 0.6) is 0 Å². The van der Waals surface area contributed by atoms with Crippen molar-refractivity contribution in [3.63, 3.8) is 0 Å². The number of aromatic nitrogens is 1. The highest BCUT2D eigenvalue weighted by Gasteiger charge is 2.22. The molecule has 1 saturated heterocycles. The Bertz CT molecular complexity index is 346. The summed E-state index contributed by atoms with van der Waals surface area (Å²) < 4.78 is 5.35. The number of aliphatic hydroxyl groups excluding tert-OH is 1. The van der Waals surface area contributed by atoms with Crippen LogP contribution in [0.25, 0.3) is 0 Å². The van der Waals surface area contributed by atoms with E-state index in [4.69, 9.17) is 4.74 Å². The van der Waals surface area contributed by atoms with Crippen LogP contribution in [0.15, 0.2) is 18.3 Å². The predicted molar refractivity (Wildman–Crippen MR) is 62.8 cm³/mol. The second-order valence-corrected chi connectivity index (χ2v) is 3.75. The predicted octanol–water partition coefficient (Wildman–Crippen LogP) is 0.321. The average Bonchev–Trinajstić information content (AvgIpc) is 2.38. The smallest absolute Gasteiger partial charge is 0.127 e. The molecule has 0 aliphatic carbocycles. The Labute approximate surface area is 95.1 Å². The molecule has 1 aromatic heterocycles. The Hall–Kier alpha value is -1.33. The Kier molecular flexibility index (Phi) is 3.58. The molecule has 0 spiro atoms. The lowest BCUT2D eigenvalue weighted by molar-refractivity contribution is 0.0727. The minimum absolute atomic E-state index is 0.0425. The van der Waals surface area contributed by atoms with Gasteiger partial charge >= 0.3 is 0 Å². The van der Waals surface area contributed by atoms with Gasteiger partial charge in [0.15, 0.2) is 0 Å². The van der Waals surface area contributed by atoms with Gasteiger partial charge in [0, 0.05) is 31.5 Å². The molecule has 0 amide bonds. The molecule has 5 heteroatoms. The number of pyridine rings is 1. The molecule has 1 aromatic rings. The second-order valence-electron chi connectivity index (χ2n) is 3.75. The zero-order valence-corrected chi connectivity index (χ0v) is 9.39. The molecule has 16 heavy (non-hydrogen) atoms. The summed E-state index contributed by atoms with van der Waals surface area (Å²) >= 11 is 0. The summed E-state index contributed by atoms with van der Waals surface area (Å²) in [5, 5.41) is 12.3. The minimum Gasteiger partial charge on any atom is -0.394 e. The topological polar surface area (TPSA) is 57.6 Å². The SMILES string of the molecule is CNc1cc(N2CCOCC2CO)ccn1. The van der Waals surface area contributed by atoms with E-state index in [9.17, 15) is 5.11 Å². The van der Waals surface area contributed by atoms with Crippen molar-refractivity contribution >= 4 is 11.5 Å². The van der Waals surface area contributed by atoms with Crippen LogP contribution in [0.3, 0.4) is 0 Å². The minimum atomic E-state index is 0.0425. The molecule has 1 unspecified atom stereocenters. The van der Waals surface area contributed by atoms with Gasteiger partial charge in [0.2, 0.25) is 0 Å². The first kappa shape index (κ1) is 11.2. The van der Waals surface area contributed by atoms with Crippen molar-refractivity contribution in [2.75, 3.05) is 43.6 Å². The van der Waals surface area contributed by atoms with Crippen molar-refractivity contribution in [3.8, 4) is 0 Å². The highest BCUT2D eigenvalue weighted by atomic mass is 16.5. The Morgan fingerprint density at radius 1 is 1.69 bits per heavy atom. The van der Waals surface area contributed by atoms with E-state index in [1.807, 2.05) is 19.2 Å². The summed E-state index contributed by atoms with van der Waals surface area (Å²) in [6, 6.07) is 3.98. The zero-order valence-electron chi connectivity index (χ0n) is 9.39. The number of aliphatic hydroxyl groups is 1. The fourth-order valence-electron chi connectivity index (χ4n) is 1.88. The molecular formula is C11H17N3O2. The van der Waals surface area contributed by atoms with Gasteiger partial charge in [0.05, 0.1) is 25.9 Å². The number of nitrogens with one attached hydrogen (secondary N) is 1. The Morgan fingerprint density at radius 2 is 2.56 bits per heavy atom. The van der Waals surface area contributed by atoms with Gasteiger partial charge in [-0.05, 0) is 6.07 Å². The van der Waals surface area contributed by atoms with Crippen LogP contribution in [-0.4, -0.2) is 49.5 Å². The molecule has 1 atom stereocenters. The van der Waals surface area contributed by atoms with Crippen LogP contribution in [-0.2, 0) is 4.74 Å². The molecule has 0 saturated carbocycles. The Morgan fingerprint density at radius 3 is 3.31 bits per heavy atom. The number of anilines is 2. The van der Waals surface area contributed by atoms with E-state index in [1.54, 1.807) is 6.20 Å². The van der Waals surface area contributed by atoms with Crippen LogP contribution < -0.4 is 10.2 Å². The lowest BCUT2D eigenvalue weighted by atomic mass is 10.2. The van der Waals surface area contributed by atoms with E-state index >= 15 is 0 Å². The van der Waals surface area contributed by atoms with Gasteiger partial charge < -0.3 is 20.1 Å². The molecule has 2 rings (SSSR count). The number of nitrogens with zero attached hydrogens (tertiary/aromatic N) is 2. The Balaban J connectivity index is 2.20. The molecule has 1 aliphatic rings. The molecule has 0 radical (unpaired) electrons. The van der Waals surface area contributed by atoms with Crippen LogP contribution in [0.4, 0.5) is 11.5 Å². The highest BCUT2D eigenvalue weighted by Crippen LogP contribution is 2.21. The van der Waals surface area contributed by atoms with E-state index in [2.05, 4.69) is 15.2 Å². The number of hydrogen-bond acceptors (Lipinski definition) is 5. The van der Waals surface area contributed by atoms with E-state index in [0.29, 0.717) is 13.2 Å². The first-order valence-corrected chi connectivity index (χ1v) is 5.44. The van der Waals surface area contributed by atoms with Gasteiger partial charge in [0.25, 0.3) is 0 Å². The number of morpholine rings is 1. The van der Waals surface area contributed by atoms with Crippen molar-refractivity contribution in [1.29, 1.82) is 0 Å². The van der Waals surface area contributed by atoms with Gasteiger partial charge in [-0.1, -0.05) is 0 Å². The van der Waals surface area contributed by atoms with Crippen LogP contribution >= 0.6 is 0 Å². The maximum absolute atomic E-state index is 9.30. The van der Waals surface area contributed by atoms with E-state index in [0.717, 1.165) is 18.1 Å². The summed E-state index contributed by atoms with van der Waals surface area (Å²) in [6.45, 7) is 2.19. The molecule has 2 heterocycles. The molecule has 0 bridgehead atoms. The summed E-state index contributed by atoms with van der Waals surface area (Å²) in [5.74, 6) is 0.834. The average molecular weight is 223 g/mol. The summed E-state index contributed by atoms with van der Waals surface area (Å²) in [7, 11) is 1.84. The zero-order chi connectivity index (χ0) is 11.4. The largest absolute Gasteiger partial charge is 0.394 e. The lowest BCUT2D eigenvalue weighted by Crippen LogP contribution is -2.47. The monoisotopic (exact) mass is 223 g/mol. The molecule has 5 nitrogen and oxygen atoms in total. The number of rotatable bonds is 3. The molecular weight excluding hydrogens is 206 g/mol. The van der Waals surface area contributed by atoms with Crippen molar-refractivity contribution in [2.24, 2.45) is 0 Å². The molecule has 0 aromatic carbocycles. The third-order valence-electron chi connectivity index (χ3n) is 2.77. The summed E-state index contributed by atoms with van der Waals surface area (Å²) in [5.41, 5.74) is 1.07. The van der Waals surface area contributed by atoms with Crippen molar-refractivity contribution < 1.29 is 9.84 Å². The van der Waals surface area contributed by atoms with Crippen molar-refractivity contribution in [2.45, 2.75) is 6.04 Å². The van der Waals surface area contributed by atoms with E-state index in [1.165, 1.54) is 0 Å². The lowest BCUT2D eigenvalue weighted by Gasteiger charge is -2.36. The third-order valence-corrected chi connectivity index (χ3v) is 2.77. The van der Waals surface area contributed by atoms with Crippen molar-refractivity contribution in [3.05, 3.63) is 18.3 Å². The highest BCUT2D eigenvalue weighted by molar-refractivity contribution is 5.54. The normalized spacial score (nSPS) is 20.9. The number of ether oxygens (including phenoxy) is 1. The third kappa shape index (κ3) is 2.25. The summed E-state index contributed by atoms with van der Waals surface area (Å²) in [4.78, 5) is 6.33. The van der Waals surface area contributed by atoms with Crippen LogP contribution in [0, 0.1) is 0 Å². The molecule has 1 fully saturated rings. The van der Waals surface area contributed by atoms with E-state index in [-0.39, 0.29) is 12.6 Å². The quantitative estimate of drug-likeness (QED) is 0.773. The fraction of sp³-hybridized carbons (Fsp3) is 0.545. The first-order chi connectivity index (χ1) is 7.85. The van der Waals surface area contributed by atoms with Gasteiger partial charge in [-0.15, -0.1) is 0 Å². The second kappa shape index (κ2) is 5.14. The van der Waals surface area contributed by atoms with Crippen molar-refractivity contribution in [1.82, 2.24) is 4.98 Å². The fourth-order valence-corrected chi connectivity index (χ4v) is 1.88. The van der Waals surface area contributed by atoms with Gasteiger partial charge in [-0.2, -0.15) is 0 Å². The summed E-state index contributed by atoms with van der Waals surface area (Å²) in [6.07, 6.45) is 1.77. The molecule has 88 valence electrons. The standard InChI is InChI=1S/C11H17N3O2/c1-12-11-6-9(2-3-13-11)14-4-5-16-8-10(14)7-15/h2-3,6,10,15H,4-5,7-8H2,1H3,(H,12,13). The van der Waals surface area contributed by atoms with Crippen LogP contribution in [0.2, 0.25) is 0 Å².